The van der Waals surface area contributed by atoms with E-state index in [1.165, 1.54) is 11.4 Å². The van der Waals surface area contributed by atoms with Crippen LogP contribution in [-0.2, 0) is 10.0 Å². The molecule has 1 rings (SSSR count). The molecule has 0 aliphatic heterocycles. The predicted molar refractivity (Wildman–Crippen MR) is 78.9 cm³/mol. The summed E-state index contributed by atoms with van der Waals surface area (Å²) in [6.45, 7) is 7.07. The minimum Gasteiger partial charge on any atom is -0.477 e. The first kappa shape index (κ1) is 17.1. The fourth-order valence-electron chi connectivity index (χ4n) is 1.79. The summed E-state index contributed by atoms with van der Waals surface area (Å²) >= 11 is 0.909. The van der Waals surface area contributed by atoms with Crippen molar-refractivity contribution in [3.63, 3.8) is 0 Å². The van der Waals surface area contributed by atoms with Gasteiger partial charge in [-0.1, -0.05) is 13.8 Å². The second-order valence-electron chi connectivity index (χ2n) is 4.20. The normalized spacial score (nSPS) is 11.9. The van der Waals surface area contributed by atoms with Crippen LogP contribution in [-0.4, -0.2) is 50.6 Å². The van der Waals surface area contributed by atoms with Crippen LogP contribution in [0.3, 0.4) is 0 Å². The van der Waals surface area contributed by atoms with Crippen molar-refractivity contribution in [2.45, 2.75) is 25.2 Å². The van der Waals surface area contributed by atoms with Gasteiger partial charge in [0.1, 0.15) is 9.77 Å². The predicted octanol–water partition coefficient (Wildman–Crippen LogP) is 1.46. The molecule has 1 aromatic heterocycles. The summed E-state index contributed by atoms with van der Waals surface area (Å²) in [6, 6.07) is 1.32. The van der Waals surface area contributed by atoms with Crippen molar-refractivity contribution in [2.75, 3.05) is 26.2 Å². The summed E-state index contributed by atoms with van der Waals surface area (Å²) in [5.41, 5.74) is 0. The van der Waals surface area contributed by atoms with Crippen LogP contribution in [0.25, 0.3) is 0 Å². The Balaban J connectivity index is 2.58. The van der Waals surface area contributed by atoms with E-state index in [0.717, 1.165) is 31.0 Å². The number of aromatic carboxylic acids is 1. The fourth-order valence-corrected chi connectivity index (χ4v) is 4.12. The van der Waals surface area contributed by atoms with Crippen molar-refractivity contribution in [3.05, 3.63) is 16.3 Å². The van der Waals surface area contributed by atoms with Crippen LogP contribution in [0, 0.1) is 0 Å². The van der Waals surface area contributed by atoms with Gasteiger partial charge in [0, 0.05) is 6.54 Å². The van der Waals surface area contributed by atoms with Gasteiger partial charge < -0.3 is 10.0 Å². The van der Waals surface area contributed by atoms with Crippen LogP contribution in [0.5, 0.6) is 0 Å². The Bertz CT molecular complexity index is 535. The lowest BCUT2D eigenvalue weighted by Crippen LogP contribution is -2.30. The molecule has 1 aromatic rings. The Morgan fingerprint density at radius 3 is 2.60 bits per heavy atom. The molecular formula is C12H20N2O4S2. The third-order valence-corrected chi connectivity index (χ3v) is 5.49. The van der Waals surface area contributed by atoms with Crippen LogP contribution in [0.4, 0.5) is 0 Å². The van der Waals surface area contributed by atoms with Gasteiger partial charge in [-0.15, -0.1) is 11.3 Å². The molecule has 0 saturated heterocycles. The number of hydrogen-bond acceptors (Lipinski definition) is 5. The average Bonchev–Trinajstić information content (AvgIpc) is 2.89. The Labute approximate surface area is 123 Å². The average molecular weight is 320 g/mol. The van der Waals surface area contributed by atoms with Crippen LogP contribution in [0.2, 0.25) is 0 Å². The molecule has 0 radical (unpaired) electrons. The lowest BCUT2D eigenvalue weighted by Gasteiger charge is -2.17. The minimum atomic E-state index is -3.74. The lowest BCUT2D eigenvalue weighted by atomic mass is 10.4. The Kier molecular flexibility index (Phi) is 6.60. The monoisotopic (exact) mass is 320 g/mol. The zero-order valence-electron chi connectivity index (χ0n) is 11.6. The number of carbonyl (C=O) groups is 1. The standard InChI is InChI=1S/C12H20N2O4S2/c1-3-14(4-2)8-5-7-13-20(17,18)10-6-9-19-11(10)12(15)16/h6,9,13H,3-5,7-8H2,1-2H3,(H,15,16). The first-order chi connectivity index (χ1) is 9.42. The maximum atomic E-state index is 12.0. The Morgan fingerprint density at radius 2 is 2.05 bits per heavy atom. The van der Waals surface area contributed by atoms with Gasteiger partial charge in [0.2, 0.25) is 10.0 Å². The maximum Gasteiger partial charge on any atom is 0.347 e. The largest absolute Gasteiger partial charge is 0.477 e. The SMILES string of the molecule is CCN(CC)CCCNS(=O)(=O)c1ccsc1C(=O)O. The number of hydrogen-bond donors (Lipinski definition) is 2. The molecule has 0 aliphatic rings. The second kappa shape index (κ2) is 7.72. The number of carboxylic acids is 1. The highest BCUT2D eigenvalue weighted by molar-refractivity contribution is 7.89. The van der Waals surface area contributed by atoms with Crippen LogP contribution in [0.15, 0.2) is 16.3 Å². The van der Waals surface area contributed by atoms with Gasteiger partial charge in [-0.05, 0) is 37.5 Å². The molecule has 0 bridgehead atoms. The molecule has 8 heteroatoms. The highest BCUT2D eigenvalue weighted by Gasteiger charge is 2.23. The Hall–Kier alpha value is -0.960. The summed E-state index contributed by atoms with van der Waals surface area (Å²) in [5, 5.41) is 10.4. The minimum absolute atomic E-state index is 0.152. The smallest absolute Gasteiger partial charge is 0.347 e. The lowest BCUT2D eigenvalue weighted by molar-refractivity contribution is 0.0698. The van der Waals surface area contributed by atoms with E-state index in [9.17, 15) is 13.2 Å². The highest BCUT2D eigenvalue weighted by atomic mass is 32.2. The first-order valence-electron chi connectivity index (χ1n) is 6.45. The second-order valence-corrected chi connectivity index (χ2v) is 6.85. The number of carboxylic acid groups (broad SMARTS) is 1. The van der Waals surface area contributed by atoms with Gasteiger partial charge in [0.25, 0.3) is 0 Å². The van der Waals surface area contributed by atoms with Crippen LogP contribution >= 0.6 is 11.3 Å². The van der Waals surface area contributed by atoms with Gasteiger partial charge in [0.15, 0.2) is 0 Å². The summed E-state index contributed by atoms with van der Waals surface area (Å²) < 4.78 is 26.5. The van der Waals surface area contributed by atoms with Gasteiger partial charge >= 0.3 is 5.97 Å². The van der Waals surface area contributed by atoms with Gasteiger partial charge in [-0.3, -0.25) is 0 Å². The van der Waals surface area contributed by atoms with E-state index in [2.05, 4.69) is 23.5 Å². The molecule has 114 valence electrons. The summed E-state index contributed by atoms with van der Waals surface area (Å²) in [4.78, 5) is 12.8. The van der Waals surface area contributed by atoms with E-state index in [1.54, 1.807) is 0 Å². The molecule has 20 heavy (non-hydrogen) atoms. The van der Waals surface area contributed by atoms with Crippen molar-refractivity contribution in [3.8, 4) is 0 Å². The van der Waals surface area contributed by atoms with Gasteiger partial charge in [-0.2, -0.15) is 0 Å². The van der Waals surface area contributed by atoms with Crippen molar-refractivity contribution >= 4 is 27.3 Å². The molecule has 0 saturated carbocycles. The molecule has 6 nitrogen and oxygen atoms in total. The van der Waals surface area contributed by atoms with Crippen molar-refractivity contribution < 1.29 is 18.3 Å². The zero-order chi connectivity index (χ0) is 15.2. The molecule has 0 aliphatic carbocycles. The number of rotatable bonds is 9. The summed E-state index contributed by atoms with van der Waals surface area (Å²) in [5.74, 6) is -1.22. The molecule has 0 amide bonds. The fraction of sp³-hybridized carbons (Fsp3) is 0.583. The molecule has 0 atom stereocenters. The number of nitrogens with one attached hydrogen (secondary N) is 1. The summed E-state index contributed by atoms with van der Waals surface area (Å²) in [7, 11) is -3.74. The van der Waals surface area contributed by atoms with Crippen LogP contribution in [0.1, 0.15) is 29.9 Å². The summed E-state index contributed by atoms with van der Waals surface area (Å²) in [6.07, 6.45) is 0.688. The topological polar surface area (TPSA) is 86.7 Å². The number of sulfonamides is 1. The molecule has 0 unspecified atom stereocenters. The van der Waals surface area contributed by atoms with Crippen molar-refractivity contribution in [1.29, 1.82) is 0 Å². The van der Waals surface area contributed by atoms with Gasteiger partial charge in [-0.25, -0.2) is 17.9 Å². The van der Waals surface area contributed by atoms with Gasteiger partial charge in [0.05, 0.1) is 0 Å². The molecule has 2 N–H and O–H groups in total. The molecule has 0 spiro atoms. The van der Waals surface area contributed by atoms with E-state index >= 15 is 0 Å². The molecule has 1 heterocycles. The highest BCUT2D eigenvalue weighted by Crippen LogP contribution is 2.21. The first-order valence-corrected chi connectivity index (χ1v) is 8.81. The van der Waals surface area contributed by atoms with E-state index in [-0.39, 0.29) is 9.77 Å². The van der Waals surface area contributed by atoms with Crippen molar-refractivity contribution in [2.24, 2.45) is 0 Å². The van der Waals surface area contributed by atoms with Crippen LogP contribution < -0.4 is 4.72 Å². The molecular weight excluding hydrogens is 300 g/mol. The Morgan fingerprint density at radius 1 is 1.40 bits per heavy atom. The number of nitrogens with zero attached hydrogens (tertiary/aromatic N) is 1. The molecule has 0 aromatic carbocycles. The van der Waals surface area contributed by atoms with E-state index in [0.29, 0.717) is 13.0 Å². The molecule has 0 fully saturated rings. The maximum absolute atomic E-state index is 12.0. The quantitative estimate of drug-likeness (QED) is 0.673. The van der Waals surface area contributed by atoms with E-state index < -0.39 is 16.0 Å². The van der Waals surface area contributed by atoms with Crippen molar-refractivity contribution in [1.82, 2.24) is 9.62 Å². The third kappa shape index (κ3) is 4.55. The zero-order valence-corrected chi connectivity index (χ0v) is 13.3. The third-order valence-electron chi connectivity index (χ3n) is 2.95. The number of thiophene rings is 1. The van der Waals surface area contributed by atoms with E-state index in [1.807, 2.05) is 0 Å². The van der Waals surface area contributed by atoms with E-state index in [4.69, 9.17) is 5.11 Å².